The maximum Gasteiger partial charge on any atom is 0.239 e. The largest absolute Gasteiger partial charge is 0.353 e. The summed E-state index contributed by atoms with van der Waals surface area (Å²) < 4.78 is 0. The van der Waals surface area contributed by atoms with E-state index in [1.807, 2.05) is 14.1 Å². The number of carbonyl (C=O) groups is 2. The van der Waals surface area contributed by atoms with Gasteiger partial charge in [0, 0.05) is 12.5 Å². The van der Waals surface area contributed by atoms with Gasteiger partial charge in [-0.25, -0.2) is 0 Å². The fourth-order valence-corrected chi connectivity index (χ4v) is 3.16. The van der Waals surface area contributed by atoms with E-state index < -0.39 is 0 Å². The lowest BCUT2D eigenvalue weighted by Crippen LogP contribution is -2.41. The van der Waals surface area contributed by atoms with E-state index in [1.165, 1.54) is 11.1 Å². The van der Waals surface area contributed by atoms with E-state index in [0.29, 0.717) is 6.54 Å². The van der Waals surface area contributed by atoms with Gasteiger partial charge in [0.25, 0.3) is 0 Å². The number of hydrogen-bond acceptors (Lipinski definition) is 3. The Morgan fingerprint density at radius 3 is 2.33 bits per heavy atom. The van der Waals surface area contributed by atoms with Crippen molar-refractivity contribution in [2.24, 2.45) is 5.92 Å². The Morgan fingerprint density at radius 1 is 1.12 bits per heavy atom. The van der Waals surface area contributed by atoms with Crippen LogP contribution in [-0.4, -0.2) is 43.9 Å². The number of nitrogens with zero attached hydrogens (tertiary/aromatic N) is 1. The molecule has 1 saturated carbocycles. The predicted octanol–water partition coefficient (Wildman–Crippen LogP) is 2.02. The first-order valence-electron chi connectivity index (χ1n) is 8.74. The number of amides is 2. The van der Waals surface area contributed by atoms with Crippen molar-refractivity contribution < 1.29 is 9.59 Å². The summed E-state index contributed by atoms with van der Waals surface area (Å²) in [6.45, 7) is 2.64. The molecule has 1 atom stereocenters. The summed E-state index contributed by atoms with van der Waals surface area (Å²) in [7, 11) is 4.00. The second kappa shape index (κ2) is 8.83. The average molecular weight is 331 g/mol. The van der Waals surface area contributed by atoms with Crippen molar-refractivity contribution in [1.82, 2.24) is 15.5 Å². The summed E-state index contributed by atoms with van der Waals surface area (Å²) in [5.74, 6) is -0.0227. The average Bonchev–Trinajstić information content (AvgIpc) is 3.08. The SMILES string of the molecule is Cc1ccc([C@@H](CNC(=O)CNC(=O)C2CCCC2)N(C)C)cc1. The minimum absolute atomic E-state index is 0.0188. The molecule has 2 rings (SSSR count). The third-order valence-corrected chi connectivity index (χ3v) is 4.73. The number of rotatable bonds is 7. The quantitative estimate of drug-likeness (QED) is 0.803. The molecule has 5 nitrogen and oxygen atoms in total. The van der Waals surface area contributed by atoms with Crippen molar-refractivity contribution in [3.63, 3.8) is 0 Å². The second-order valence-corrected chi connectivity index (χ2v) is 6.89. The first-order chi connectivity index (χ1) is 11.5. The third-order valence-electron chi connectivity index (χ3n) is 4.73. The van der Waals surface area contributed by atoms with Crippen molar-refractivity contribution in [3.8, 4) is 0 Å². The molecule has 0 spiro atoms. The van der Waals surface area contributed by atoms with Crippen LogP contribution in [-0.2, 0) is 9.59 Å². The van der Waals surface area contributed by atoms with Gasteiger partial charge in [-0.1, -0.05) is 42.7 Å². The second-order valence-electron chi connectivity index (χ2n) is 6.89. The maximum atomic E-state index is 12.0. The van der Waals surface area contributed by atoms with Crippen LogP contribution in [0.5, 0.6) is 0 Å². The fraction of sp³-hybridized carbons (Fsp3) is 0.579. The molecule has 0 unspecified atom stereocenters. The van der Waals surface area contributed by atoms with Gasteiger partial charge in [0.15, 0.2) is 0 Å². The lowest BCUT2D eigenvalue weighted by Gasteiger charge is -2.25. The van der Waals surface area contributed by atoms with E-state index in [9.17, 15) is 9.59 Å². The maximum absolute atomic E-state index is 12.0. The first kappa shape index (κ1) is 18.5. The molecule has 1 aromatic rings. The van der Waals surface area contributed by atoms with E-state index in [-0.39, 0.29) is 30.3 Å². The highest BCUT2D eigenvalue weighted by Gasteiger charge is 2.23. The minimum atomic E-state index is -0.139. The number of benzene rings is 1. The van der Waals surface area contributed by atoms with Gasteiger partial charge in [0.05, 0.1) is 12.6 Å². The first-order valence-corrected chi connectivity index (χ1v) is 8.74. The smallest absolute Gasteiger partial charge is 0.239 e. The molecule has 24 heavy (non-hydrogen) atoms. The highest BCUT2D eigenvalue weighted by Crippen LogP contribution is 2.24. The third kappa shape index (κ3) is 5.34. The van der Waals surface area contributed by atoms with Gasteiger partial charge in [-0.3, -0.25) is 9.59 Å². The minimum Gasteiger partial charge on any atom is -0.353 e. The molecule has 2 amide bonds. The van der Waals surface area contributed by atoms with Gasteiger partial charge < -0.3 is 15.5 Å². The van der Waals surface area contributed by atoms with Crippen LogP contribution < -0.4 is 10.6 Å². The summed E-state index contributed by atoms with van der Waals surface area (Å²) in [6.07, 6.45) is 4.13. The van der Waals surface area contributed by atoms with Gasteiger partial charge in [0.1, 0.15) is 0 Å². The van der Waals surface area contributed by atoms with Crippen LogP contribution in [0.2, 0.25) is 0 Å². The van der Waals surface area contributed by atoms with Gasteiger partial charge in [0.2, 0.25) is 11.8 Å². The summed E-state index contributed by atoms with van der Waals surface area (Å²) >= 11 is 0. The van der Waals surface area contributed by atoms with Crippen molar-refractivity contribution in [2.45, 2.75) is 38.6 Å². The van der Waals surface area contributed by atoms with Crippen LogP contribution in [0.15, 0.2) is 24.3 Å². The molecule has 5 heteroatoms. The monoisotopic (exact) mass is 331 g/mol. The summed E-state index contributed by atoms with van der Waals surface area (Å²) in [6, 6.07) is 8.45. The fourth-order valence-electron chi connectivity index (χ4n) is 3.16. The summed E-state index contributed by atoms with van der Waals surface area (Å²) in [5.41, 5.74) is 2.39. The molecule has 0 radical (unpaired) electrons. The molecule has 2 N–H and O–H groups in total. The molecule has 0 aromatic heterocycles. The molecule has 1 aromatic carbocycles. The zero-order valence-corrected chi connectivity index (χ0v) is 15.0. The number of likely N-dealkylation sites (N-methyl/N-ethyl adjacent to an activating group) is 1. The van der Waals surface area contributed by atoms with E-state index in [4.69, 9.17) is 0 Å². The molecule has 1 fully saturated rings. The van der Waals surface area contributed by atoms with E-state index in [2.05, 4.69) is 46.7 Å². The zero-order chi connectivity index (χ0) is 17.5. The Hall–Kier alpha value is -1.88. The summed E-state index contributed by atoms with van der Waals surface area (Å²) in [4.78, 5) is 26.1. The van der Waals surface area contributed by atoms with Crippen LogP contribution in [0.25, 0.3) is 0 Å². The Kier molecular flexibility index (Phi) is 6.79. The van der Waals surface area contributed by atoms with Crippen LogP contribution in [0.1, 0.15) is 42.9 Å². The lowest BCUT2D eigenvalue weighted by molar-refractivity contribution is -0.128. The molecular formula is C19H29N3O2. The zero-order valence-electron chi connectivity index (χ0n) is 15.0. The number of carbonyl (C=O) groups excluding carboxylic acids is 2. The predicted molar refractivity (Wildman–Crippen MR) is 95.6 cm³/mol. The Morgan fingerprint density at radius 2 is 1.75 bits per heavy atom. The molecule has 0 aliphatic heterocycles. The van der Waals surface area contributed by atoms with Crippen LogP contribution in [0, 0.1) is 12.8 Å². The molecule has 0 heterocycles. The molecular weight excluding hydrogens is 302 g/mol. The van der Waals surface area contributed by atoms with Gasteiger partial charge in [-0.2, -0.15) is 0 Å². The van der Waals surface area contributed by atoms with Gasteiger partial charge >= 0.3 is 0 Å². The standard InChI is InChI=1S/C19H29N3O2/c1-14-8-10-15(11-9-14)17(22(2)3)12-20-18(23)13-21-19(24)16-6-4-5-7-16/h8-11,16-17H,4-7,12-13H2,1-3H3,(H,20,23)(H,21,24)/t17-/m1/s1. The highest BCUT2D eigenvalue weighted by molar-refractivity contribution is 5.85. The molecule has 1 aliphatic carbocycles. The highest BCUT2D eigenvalue weighted by atomic mass is 16.2. The van der Waals surface area contributed by atoms with Crippen molar-refractivity contribution >= 4 is 11.8 Å². The van der Waals surface area contributed by atoms with E-state index in [1.54, 1.807) is 0 Å². The van der Waals surface area contributed by atoms with Gasteiger partial charge in [-0.15, -0.1) is 0 Å². The topological polar surface area (TPSA) is 61.4 Å². The lowest BCUT2D eigenvalue weighted by atomic mass is 10.0. The molecule has 1 aliphatic rings. The number of aryl methyl sites for hydroxylation is 1. The number of nitrogens with one attached hydrogen (secondary N) is 2. The number of hydrogen-bond donors (Lipinski definition) is 2. The normalized spacial score (nSPS) is 16.2. The van der Waals surface area contributed by atoms with Crippen molar-refractivity contribution in [2.75, 3.05) is 27.2 Å². The molecule has 132 valence electrons. The molecule has 0 saturated heterocycles. The van der Waals surface area contributed by atoms with Crippen LogP contribution >= 0.6 is 0 Å². The van der Waals surface area contributed by atoms with Crippen molar-refractivity contribution in [1.29, 1.82) is 0 Å². The molecule has 0 bridgehead atoms. The Labute approximate surface area is 144 Å². The van der Waals surface area contributed by atoms with E-state index in [0.717, 1.165) is 25.7 Å². The van der Waals surface area contributed by atoms with Crippen LogP contribution in [0.4, 0.5) is 0 Å². The van der Waals surface area contributed by atoms with Gasteiger partial charge in [-0.05, 0) is 39.4 Å². The Bertz CT molecular complexity index is 548. The van der Waals surface area contributed by atoms with Crippen molar-refractivity contribution in [3.05, 3.63) is 35.4 Å². The van der Waals surface area contributed by atoms with Crippen LogP contribution in [0.3, 0.4) is 0 Å². The van der Waals surface area contributed by atoms with E-state index >= 15 is 0 Å². The summed E-state index contributed by atoms with van der Waals surface area (Å²) in [5, 5.41) is 5.69. The Balaban J connectivity index is 1.79.